The van der Waals surface area contributed by atoms with Gasteiger partial charge in [-0.15, -0.1) is 0 Å². The van der Waals surface area contributed by atoms with Crippen LogP contribution in [0.5, 0.6) is 0 Å². The molecule has 0 aliphatic heterocycles. The van der Waals surface area contributed by atoms with E-state index in [0.717, 1.165) is 13.8 Å². The summed E-state index contributed by atoms with van der Waals surface area (Å²) in [4.78, 5) is 71.0. The van der Waals surface area contributed by atoms with E-state index in [-0.39, 0.29) is 45.0 Å². The zero-order valence-electron chi connectivity index (χ0n) is 19.7. The number of carbonyl (C=O) groups excluding carboxylic acids is 4. The van der Waals surface area contributed by atoms with E-state index in [1.165, 1.54) is 0 Å². The summed E-state index contributed by atoms with van der Waals surface area (Å²) < 4.78 is 0. The second-order valence-corrected chi connectivity index (χ2v) is 7.85. The van der Waals surface area contributed by atoms with Crippen LogP contribution in [0.4, 0.5) is 0 Å². The number of carbonyl (C=O) groups is 6. The maximum atomic E-state index is 12.7. The molecule has 14 heteroatoms. The molecule has 0 rings (SSSR count). The quantitative estimate of drug-likeness (QED) is 0.147. The van der Waals surface area contributed by atoms with E-state index < -0.39 is 78.6 Å². The SMILES string of the molecule is CCC(C)[C@H]([NH-])C(=O)N[C@@H](CCC(=O)O)C(=O)N[C@H](C(=O)N[C@@H](CC(=O)O)C(C)=O)C(C)O.[Y]. The number of hydrogen-bond donors (Lipinski definition) is 6. The van der Waals surface area contributed by atoms with Crippen LogP contribution in [0.3, 0.4) is 0 Å². The van der Waals surface area contributed by atoms with Crippen molar-refractivity contribution in [1.29, 1.82) is 0 Å². The Hall–Kier alpha value is -1.96. The molecule has 3 amide bonds. The van der Waals surface area contributed by atoms with Crippen molar-refractivity contribution < 1.29 is 76.8 Å². The van der Waals surface area contributed by atoms with Crippen LogP contribution >= 0.6 is 0 Å². The Kier molecular flexibility index (Phi) is 16.7. The van der Waals surface area contributed by atoms with Crippen LogP contribution in [-0.4, -0.2) is 81.0 Å². The molecule has 0 aromatic rings. The van der Waals surface area contributed by atoms with Gasteiger partial charge >= 0.3 is 11.9 Å². The second-order valence-electron chi connectivity index (χ2n) is 7.85. The van der Waals surface area contributed by atoms with Gasteiger partial charge in [0.25, 0.3) is 0 Å². The molecule has 1 radical (unpaired) electrons. The molecule has 6 atom stereocenters. The van der Waals surface area contributed by atoms with Crippen molar-refractivity contribution in [2.24, 2.45) is 5.92 Å². The van der Waals surface area contributed by atoms with Gasteiger partial charge in [-0.3, -0.25) is 28.8 Å². The molecule has 0 fully saturated rings. The number of aliphatic hydroxyl groups is 1. The van der Waals surface area contributed by atoms with Gasteiger partial charge in [-0.2, -0.15) is 0 Å². The number of aliphatic hydroxyl groups excluding tert-OH is 1. The normalized spacial score (nSPS) is 15.8. The zero-order valence-corrected chi connectivity index (χ0v) is 22.5. The molecule has 0 heterocycles. The predicted molar refractivity (Wildman–Crippen MR) is 115 cm³/mol. The fourth-order valence-electron chi connectivity index (χ4n) is 2.68. The van der Waals surface area contributed by atoms with Crippen LogP contribution in [-0.2, 0) is 61.5 Å². The number of rotatable bonds is 15. The van der Waals surface area contributed by atoms with Crippen molar-refractivity contribution in [2.75, 3.05) is 0 Å². The van der Waals surface area contributed by atoms with Crippen LogP contribution in [0, 0.1) is 5.92 Å². The molecule has 0 aliphatic carbocycles. The maximum Gasteiger partial charge on any atom is 0.305 e. The predicted octanol–water partition coefficient (Wildman–Crippen LogP) is -0.785. The molecule has 0 saturated carbocycles. The third-order valence-corrected chi connectivity index (χ3v) is 5.02. The number of carboxylic acid groups (broad SMARTS) is 2. The summed E-state index contributed by atoms with van der Waals surface area (Å²) in [5.41, 5.74) is 7.94. The third kappa shape index (κ3) is 12.5. The number of nitrogens with one attached hydrogen (secondary N) is 4. The largest absolute Gasteiger partial charge is 0.667 e. The minimum atomic E-state index is -1.63. The van der Waals surface area contributed by atoms with E-state index >= 15 is 0 Å². The van der Waals surface area contributed by atoms with Gasteiger partial charge in [0, 0.05) is 39.1 Å². The molecule has 0 aliphatic rings. The summed E-state index contributed by atoms with van der Waals surface area (Å²) in [5.74, 6) is -6.40. The summed E-state index contributed by atoms with van der Waals surface area (Å²) in [5, 5.41) is 34.4. The van der Waals surface area contributed by atoms with E-state index in [4.69, 9.17) is 15.9 Å². The van der Waals surface area contributed by atoms with Crippen molar-refractivity contribution in [1.82, 2.24) is 16.0 Å². The Morgan fingerprint density at radius 1 is 0.853 bits per heavy atom. The van der Waals surface area contributed by atoms with Crippen molar-refractivity contribution in [3.05, 3.63) is 5.73 Å². The van der Waals surface area contributed by atoms with Gasteiger partial charge in [0.15, 0.2) is 5.78 Å². The molecule has 0 saturated heterocycles. The maximum absolute atomic E-state index is 12.7. The zero-order chi connectivity index (χ0) is 25.9. The van der Waals surface area contributed by atoms with Crippen LogP contribution in [0.15, 0.2) is 0 Å². The molecular formula is C20H33N4O9Y-. The smallest absolute Gasteiger partial charge is 0.305 e. The molecule has 0 bridgehead atoms. The van der Waals surface area contributed by atoms with Crippen LogP contribution in [0.1, 0.15) is 53.4 Å². The second kappa shape index (κ2) is 16.6. The Bertz CT molecular complexity index is 748. The first kappa shape index (κ1) is 34.2. The van der Waals surface area contributed by atoms with Crippen molar-refractivity contribution >= 4 is 35.4 Å². The standard InChI is InChI=1S/C20H33N4O9.Y/c1-5-9(2)16(21)19(32)22-12(6-7-14(27)28)18(31)24-17(11(4)26)20(33)23-13(10(3)25)8-15(29)30;/h9,11-13,16-17,21,26H,5-8H2,1-4H3,(H,22,32)(H,23,33)(H,24,31)(H,27,28)(H,29,30);/q-1;/t9?,11?,12-,13-,16-,17-;/m0./s1. The minimum absolute atomic E-state index is 0. The van der Waals surface area contributed by atoms with Gasteiger partial charge in [-0.25, -0.2) is 0 Å². The Morgan fingerprint density at radius 2 is 1.38 bits per heavy atom. The van der Waals surface area contributed by atoms with E-state index in [1.54, 1.807) is 13.8 Å². The summed E-state index contributed by atoms with van der Waals surface area (Å²) in [6.45, 7) is 5.67. The van der Waals surface area contributed by atoms with E-state index in [1.807, 2.05) is 0 Å². The van der Waals surface area contributed by atoms with Gasteiger partial charge in [-0.05, 0) is 20.3 Å². The monoisotopic (exact) mass is 562 g/mol. The molecule has 7 N–H and O–H groups in total. The van der Waals surface area contributed by atoms with Crippen molar-refractivity contribution in [3.8, 4) is 0 Å². The first-order valence-electron chi connectivity index (χ1n) is 10.4. The van der Waals surface area contributed by atoms with Crippen LogP contribution in [0.25, 0.3) is 5.73 Å². The third-order valence-electron chi connectivity index (χ3n) is 5.02. The van der Waals surface area contributed by atoms with Crippen molar-refractivity contribution in [2.45, 2.75) is 83.6 Å². The summed E-state index contributed by atoms with van der Waals surface area (Å²) in [7, 11) is 0. The number of Topliss-reactive ketones (excluding diaryl/α,β-unsaturated/α-hetero) is 1. The average molecular weight is 562 g/mol. The molecule has 0 spiro atoms. The van der Waals surface area contributed by atoms with E-state index in [2.05, 4.69) is 16.0 Å². The molecule has 34 heavy (non-hydrogen) atoms. The Morgan fingerprint density at radius 3 is 1.79 bits per heavy atom. The van der Waals surface area contributed by atoms with Gasteiger partial charge in [-0.1, -0.05) is 32.2 Å². The first-order chi connectivity index (χ1) is 15.2. The van der Waals surface area contributed by atoms with Gasteiger partial charge < -0.3 is 37.0 Å². The topological polar surface area (TPSA) is 223 Å². The summed E-state index contributed by atoms with van der Waals surface area (Å²) in [6, 6.07) is -5.64. The van der Waals surface area contributed by atoms with Gasteiger partial charge in [0.1, 0.15) is 12.1 Å². The van der Waals surface area contributed by atoms with Crippen LogP contribution in [0.2, 0.25) is 0 Å². The number of hydrogen-bond acceptors (Lipinski definition) is 7. The molecule has 191 valence electrons. The number of amides is 3. The first-order valence-corrected chi connectivity index (χ1v) is 10.4. The Labute approximate surface area is 222 Å². The molecule has 0 aromatic heterocycles. The summed E-state index contributed by atoms with van der Waals surface area (Å²) in [6.07, 6.45) is -2.51. The van der Waals surface area contributed by atoms with Crippen molar-refractivity contribution in [3.63, 3.8) is 0 Å². The van der Waals surface area contributed by atoms with E-state index in [9.17, 15) is 33.9 Å². The number of aliphatic carboxylic acids is 2. The molecular weight excluding hydrogens is 529 g/mol. The minimum Gasteiger partial charge on any atom is -0.667 e. The molecule has 0 aromatic carbocycles. The van der Waals surface area contributed by atoms with Gasteiger partial charge in [0.2, 0.25) is 17.7 Å². The fourth-order valence-corrected chi connectivity index (χ4v) is 2.68. The van der Waals surface area contributed by atoms with Gasteiger partial charge in [0.05, 0.1) is 18.6 Å². The molecule has 2 unspecified atom stereocenters. The molecule has 13 nitrogen and oxygen atoms in total. The van der Waals surface area contributed by atoms with E-state index in [0.29, 0.717) is 6.42 Å². The average Bonchev–Trinajstić information content (AvgIpc) is 2.71. The fraction of sp³-hybridized carbons (Fsp3) is 0.700. The number of carboxylic acids is 2. The van der Waals surface area contributed by atoms with Crippen LogP contribution < -0.4 is 16.0 Å². The summed E-state index contributed by atoms with van der Waals surface area (Å²) >= 11 is 0. The Balaban J connectivity index is 0. The number of ketones is 1.